The zero-order valence-corrected chi connectivity index (χ0v) is 18.3. The molecule has 0 fully saturated rings. The van der Waals surface area contributed by atoms with E-state index in [0.29, 0.717) is 18.3 Å². The molecule has 5 rings (SSSR count). The number of nitrogen functional groups attached to an aromatic ring is 1. The van der Waals surface area contributed by atoms with Gasteiger partial charge in [-0.1, -0.05) is 30.3 Å². The standard InChI is InChI=1S/C25H24N6O/c1-15(2)31-25-21(24(26)27-14-28-25)23(30-31)19-11-16(3)22-18(12-19)9-10-20(29-22)32-13-17-7-5-4-6-8-17/h4-12,14-15H,13H2,1-3H3,(H2,26,27,28). The van der Waals surface area contributed by atoms with Gasteiger partial charge in [-0.3, -0.25) is 0 Å². The minimum Gasteiger partial charge on any atom is -0.473 e. The molecule has 0 spiro atoms. The minimum atomic E-state index is 0.146. The molecule has 32 heavy (non-hydrogen) atoms. The largest absolute Gasteiger partial charge is 0.473 e. The summed E-state index contributed by atoms with van der Waals surface area (Å²) in [6.45, 7) is 6.66. The van der Waals surface area contributed by atoms with Crippen molar-refractivity contribution >= 4 is 27.8 Å². The molecule has 0 saturated heterocycles. The van der Waals surface area contributed by atoms with Gasteiger partial charge in [0, 0.05) is 23.1 Å². The number of pyridine rings is 1. The Morgan fingerprint density at radius 3 is 2.62 bits per heavy atom. The van der Waals surface area contributed by atoms with Gasteiger partial charge in [0.1, 0.15) is 24.4 Å². The topological polar surface area (TPSA) is 91.7 Å². The fraction of sp³-hybridized carbons (Fsp3) is 0.200. The summed E-state index contributed by atoms with van der Waals surface area (Å²) in [6, 6.07) is 18.3. The van der Waals surface area contributed by atoms with Crippen LogP contribution in [0.3, 0.4) is 0 Å². The average Bonchev–Trinajstić information content (AvgIpc) is 3.20. The molecule has 0 unspecified atom stereocenters. The van der Waals surface area contributed by atoms with Crippen molar-refractivity contribution < 1.29 is 4.74 Å². The van der Waals surface area contributed by atoms with E-state index >= 15 is 0 Å². The maximum absolute atomic E-state index is 6.23. The highest BCUT2D eigenvalue weighted by Gasteiger charge is 2.19. The summed E-state index contributed by atoms with van der Waals surface area (Å²) < 4.78 is 7.80. The van der Waals surface area contributed by atoms with E-state index in [2.05, 4.69) is 35.9 Å². The lowest BCUT2D eigenvalue weighted by Gasteiger charge is -2.09. The Bertz CT molecular complexity index is 1430. The smallest absolute Gasteiger partial charge is 0.214 e. The minimum absolute atomic E-state index is 0.146. The highest BCUT2D eigenvalue weighted by atomic mass is 16.5. The third-order valence-corrected chi connectivity index (χ3v) is 5.47. The number of fused-ring (bicyclic) bond motifs is 2. The predicted molar refractivity (Wildman–Crippen MR) is 126 cm³/mol. The highest BCUT2D eigenvalue weighted by molar-refractivity contribution is 6.00. The molecule has 0 saturated carbocycles. The molecule has 0 atom stereocenters. The van der Waals surface area contributed by atoms with Crippen LogP contribution in [0.5, 0.6) is 5.88 Å². The lowest BCUT2D eigenvalue weighted by molar-refractivity contribution is 0.295. The molecule has 0 aliphatic heterocycles. The average molecular weight is 425 g/mol. The van der Waals surface area contributed by atoms with Gasteiger partial charge in [-0.05, 0) is 50.1 Å². The summed E-state index contributed by atoms with van der Waals surface area (Å²) in [4.78, 5) is 13.4. The van der Waals surface area contributed by atoms with Crippen LogP contribution in [0.4, 0.5) is 5.82 Å². The monoisotopic (exact) mass is 424 g/mol. The number of hydrogen-bond donors (Lipinski definition) is 1. The van der Waals surface area contributed by atoms with Gasteiger partial charge in [-0.15, -0.1) is 0 Å². The van der Waals surface area contributed by atoms with Crippen molar-refractivity contribution in [1.82, 2.24) is 24.7 Å². The maximum atomic E-state index is 6.23. The first-order valence-electron chi connectivity index (χ1n) is 10.6. The lowest BCUT2D eigenvalue weighted by atomic mass is 10.0. The summed E-state index contributed by atoms with van der Waals surface area (Å²) in [5, 5.41) is 6.62. The quantitative estimate of drug-likeness (QED) is 0.422. The first kappa shape index (κ1) is 19.9. The van der Waals surface area contributed by atoms with Crippen LogP contribution in [0, 0.1) is 6.92 Å². The van der Waals surface area contributed by atoms with Crippen molar-refractivity contribution in [3.63, 3.8) is 0 Å². The fourth-order valence-electron chi connectivity index (χ4n) is 3.90. The summed E-state index contributed by atoms with van der Waals surface area (Å²) in [6.07, 6.45) is 1.48. The number of ether oxygens (including phenoxy) is 1. The van der Waals surface area contributed by atoms with Gasteiger partial charge in [0.2, 0.25) is 5.88 Å². The SMILES string of the molecule is Cc1cc(-c2nn(C(C)C)c3ncnc(N)c23)cc2ccc(OCc3ccccc3)nc12. The third kappa shape index (κ3) is 3.51. The van der Waals surface area contributed by atoms with E-state index in [4.69, 9.17) is 20.6 Å². The first-order chi connectivity index (χ1) is 15.5. The molecule has 0 bridgehead atoms. The number of rotatable bonds is 5. The number of nitrogens with two attached hydrogens (primary N) is 1. The Morgan fingerprint density at radius 1 is 1.03 bits per heavy atom. The van der Waals surface area contributed by atoms with Crippen LogP contribution in [0.1, 0.15) is 31.0 Å². The van der Waals surface area contributed by atoms with E-state index < -0.39 is 0 Å². The Balaban J connectivity index is 1.56. The predicted octanol–water partition coefficient (Wildman–Crippen LogP) is 5.09. The summed E-state index contributed by atoms with van der Waals surface area (Å²) >= 11 is 0. The second kappa shape index (κ2) is 7.92. The molecule has 0 aliphatic rings. The van der Waals surface area contributed by atoms with Crippen LogP contribution in [-0.4, -0.2) is 24.7 Å². The van der Waals surface area contributed by atoms with E-state index in [-0.39, 0.29) is 6.04 Å². The number of anilines is 1. The lowest BCUT2D eigenvalue weighted by Crippen LogP contribution is -2.04. The zero-order valence-electron chi connectivity index (χ0n) is 18.3. The second-order valence-electron chi connectivity index (χ2n) is 8.13. The van der Waals surface area contributed by atoms with E-state index in [1.807, 2.05) is 54.1 Å². The van der Waals surface area contributed by atoms with Gasteiger partial charge < -0.3 is 10.5 Å². The molecule has 7 nitrogen and oxygen atoms in total. The number of benzene rings is 2. The van der Waals surface area contributed by atoms with Crippen LogP contribution >= 0.6 is 0 Å². The zero-order chi connectivity index (χ0) is 22.2. The Kier molecular flexibility index (Phi) is 4.93. The third-order valence-electron chi connectivity index (χ3n) is 5.47. The van der Waals surface area contributed by atoms with Gasteiger partial charge >= 0.3 is 0 Å². The number of hydrogen-bond acceptors (Lipinski definition) is 6. The van der Waals surface area contributed by atoms with Gasteiger partial charge in [-0.25, -0.2) is 19.6 Å². The molecule has 5 aromatic rings. The van der Waals surface area contributed by atoms with Crippen LogP contribution in [0.2, 0.25) is 0 Å². The molecular formula is C25H24N6O. The molecule has 3 aromatic heterocycles. The van der Waals surface area contributed by atoms with Gasteiger partial charge in [0.05, 0.1) is 10.9 Å². The number of aryl methyl sites for hydroxylation is 1. The molecule has 7 heteroatoms. The van der Waals surface area contributed by atoms with Crippen molar-refractivity contribution in [3.8, 4) is 17.1 Å². The van der Waals surface area contributed by atoms with Gasteiger partial charge in [0.25, 0.3) is 0 Å². The Hall–Kier alpha value is -4.00. The van der Waals surface area contributed by atoms with Crippen LogP contribution in [-0.2, 0) is 6.61 Å². The second-order valence-corrected chi connectivity index (χ2v) is 8.13. The number of aromatic nitrogens is 5. The van der Waals surface area contributed by atoms with Crippen LogP contribution in [0.15, 0.2) is 60.9 Å². The van der Waals surface area contributed by atoms with E-state index in [0.717, 1.165) is 44.3 Å². The molecule has 3 heterocycles. The summed E-state index contributed by atoms with van der Waals surface area (Å²) in [7, 11) is 0. The summed E-state index contributed by atoms with van der Waals surface area (Å²) in [5.41, 5.74) is 11.7. The van der Waals surface area contributed by atoms with E-state index in [1.54, 1.807) is 0 Å². The van der Waals surface area contributed by atoms with Crippen molar-refractivity contribution in [1.29, 1.82) is 0 Å². The highest BCUT2D eigenvalue weighted by Crippen LogP contribution is 2.34. The normalized spacial score (nSPS) is 11.5. The molecule has 160 valence electrons. The first-order valence-corrected chi connectivity index (χ1v) is 10.6. The van der Waals surface area contributed by atoms with Crippen molar-refractivity contribution in [2.75, 3.05) is 5.73 Å². The molecular weight excluding hydrogens is 400 g/mol. The van der Waals surface area contributed by atoms with E-state index in [1.165, 1.54) is 6.33 Å². The van der Waals surface area contributed by atoms with Crippen molar-refractivity contribution in [2.24, 2.45) is 0 Å². The maximum Gasteiger partial charge on any atom is 0.214 e. The van der Waals surface area contributed by atoms with Crippen LogP contribution < -0.4 is 10.5 Å². The Morgan fingerprint density at radius 2 is 1.84 bits per heavy atom. The Labute approximate surface area is 185 Å². The van der Waals surface area contributed by atoms with Crippen LogP contribution in [0.25, 0.3) is 33.2 Å². The van der Waals surface area contributed by atoms with Gasteiger partial charge in [0.15, 0.2) is 5.65 Å². The molecule has 0 amide bonds. The summed E-state index contributed by atoms with van der Waals surface area (Å²) in [5.74, 6) is 1.03. The van der Waals surface area contributed by atoms with Crippen molar-refractivity contribution in [3.05, 3.63) is 72.1 Å². The van der Waals surface area contributed by atoms with Gasteiger partial charge in [-0.2, -0.15) is 5.10 Å². The molecule has 0 radical (unpaired) electrons. The molecule has 2 aromatic carbocycles. The molecule has 2 N–H and O–H groups in total. The van der Waals surface area contributed by atoms with E-state index in [9.17, 15) is 0 Å². The number of nitrogens with zero attached hydrogens (tertiary/aromatic N) is 5. The molecule has 0 aliphatic carbocycles. The fourth-order valence-corrected chi connectivity index (χ4v) is 3.90. The van der Waals surface area contributed by atoms with Crippen molar-refractivity contribution in [2.45, 2.75) is 33.4 Å².